The summed E-state index contributed by atoms with van der Waals surface area (Å²) in [5.74, 6) is 0. The van der Waals surface area contributed by atoms with Gasteiger partial charge in [0.1, 0.15) is 0 Å². The number of aromatic nitrogens is 1. The van der Waals surface area contributed by atoms with Gasteiger partial charge >= 0.3 is 6.18 Å². The van der Waals surface area contributed by atoms with Crippen LogP contribution in [0.5, 0.6) is 0 Å². The summed E-state index contributed by atoms with van der Waals surface area (Å²) in [7, 11) is 1.30. The van der Waals surface area contributed by atoms with Crippen molar-refractivity contribution in [2.75, 3.05) is 0 Å². The molecule has 1 aromatic carbocycles. The van der Waals surface area contributed by atoms with Gasteiger partial charge in [0.15, 0.2) is 0 Å². The van der Waals surface area contributed by atoms with Crippen LogP contribution >= 0.6 is 0 Å². The van der Waals surface area contributed by atoms with Gasteiger partial charge in [0.05, 0.1) is 10.9 Å². The van der Waals surface area contributed by atoms with Crippen LogP contribution in [0.25, 0.3) is 10.8 Å². The third kappa shape index (κ3) is 1.88. The molecular weight excluding hydrogens is 245 g/mol. The highest BCUT2D eigenvalue weighted by Crippen LogP contribution is 2.34. The van der Waals surface area contributed by atoms with Gasteiger partial charge in [0.2, 0.25) is 0 Å². The van der Waals surface area contributed by atoms with E-state index in [4.69, 9.17) is 5.73 Å². The van der Waals surface area contributed by atoms with Crippen molar-refractivity contribution < 1.29 is 13.2 Å². The number of rotatable bonds is 1. The number of benzene rings is 1. The summed E-state index contributed by atoms with van der Waals surface area (Å²) in [5.41, 5.74) is 4.58. The largest absolute Gasteiger partial charge is 0.418 e. The van der Waals surface area contributed by atoms with Crippen LogP contribution in [-0.4, -0.2) is 4.57 Å². The average Bonchev–Trinajstić information content (AvgIpc) is 2.31. The van der Waals surface area contributed by atoms with Gasteiger partial charge in [0, 0.05) is 25.2 Å². The lowest BCUT2D eigenvalue weighted by molar-refractivity contribution is -0.136. The Kier molecular flexibility index (Phi) is 2.90. The first-order valence-electron chi connectivity index (χ1n) is 5.24. The third-order valence-corrected chi connectivity index (χ3v) is 2.82. The predicted octanol–water partition coefficient (Wildman–Crippen LogP) is 2.02. The van der Waals surface area contributed by atoms with Gasteiger partial charge < -0.3 is 10.3 Å². The van der Waals surface area contributed by atoms with Crippen molar-refractivity contribution in [2.45, 2.75) is 12.7 Å². The molecule has 0 saturated heterocycles. The van der Waals surface area contributed by atoms with E-state index in [-0.39, 0.29) is 17.3 Å². The summed E-state index contributed by atoms with van der Waals surface area (Å²) >= 11 is 0. The number of halogens is 3. The van der Waals surface area contributed by atoms with Gasteiger partial charge in [-0.1, -0.05) is 18.2 Å². The number of aryl methyl sites for hydroxylation is 1. The molecule has 0 spiro atoms. The second-order valence-electron chi connectivity index (χ2n) is 4.00. The maximum Gasteiger partial charge on any atom is 0.418 e. The van der Waals surface area contributed by atoms with E-state index in [1.807, 2.05) is 0 Å². The van der Waals surface area contributed by atoms with Crippen LogP contribution in [-0.2, 0) is 19.8 Å². The molecule has 0 aliphatic carbocycles. The Hall–Kier alpha value is -1.82. The molecule has 2 aromatic rings. The molecule has 0 bridgehead atoms. The molecule has 96 valence electrons. The van der Waals surface area contributed by atoms with Crippen molar-refractivity contribution in [1.82, 2.24) is 4.57 Å². The van der Waals surface area contributed by atoms with E-state index < -0.39 is 17.3 Å². The number of nitrogens with two attached hydrogens (primary N) is 1. The molecule has 0 unspecified atom stereocenters. The summed E-state index contributed by atoms with van der Waals surface area (Å²) in [4.78, 5) is 11.9. The second-order valence-corrected chi connectivity index (χ2v) is 4.00. The number of hydrogen-bond acceptors (Lipinski definition) is 2. The Labute approximate surface area is 101 Å². The average molecular weight is 256 g/mol. The zero-order chi connectivity index (χ0) is 13.5. The topological polar surface area (TPSA) is 48.0 Å². The van der Waals surface area contributed by atoms with Crippen LogP contribution in [0.3, 0.4) is 0 Å². The highest BCUT2D eigenvalue weighted by Gasteiger charge is 2.33. The number of pyridine rings is 1. The molecule has 1 aromatic heterocycles. The third-order valence-electron chi connectivity index (χ3n) is 2.82. The van der Waals surface area contributed by atoms with E-state index in [1.165, 1.54) is 19.2 Å². The maximum atomic E-state index is 12.9. The van der Waals surface area contributed by atoms with Gasteiger partial charge in [-0.05, 0) is 5.56 Å². The Morgan fingerprint density at radius 2 is 2.00 bits per heavy atom. The highest BCUT2D eigenvalue weighted by atomic mass is 19.4. The first kappa shape index (κ1) is 12.6. The molecule has 1 heterocycles. The lowest BCUT2D eigenvalue weighted by Gasteiger charge is -2.13. The van der Waals surface area contributed by atoms with Gasteiger partial charge in [0.25, 0.3) is 5.56 Å². The Morgan fingerprint density at radius 3 is 2.56 bits per heavy atom. The minimum atomic E-state index is -4.50. The smallest absolute Gasteiger partial charge is 0.326 e. The van der Waals surface area contributed by atoms with Crippen LogP contribution in [0.15, 0.2) is 29.2 Å². The van der Waals surface area contributed by atoms with Crippen molar-refractivity contribution >= 4 is 10.8 Å². The molecule has 0 amide bonds. The fourth-order valence-corrected chi connectivity index (χ4v) is 1.97. The van der Waals surface area contributed by atoms with Gasteiger partial charge in [-0.25, -0.2) is 0 Å². The normalized spacial score (nSPS) is 12.1. The van der Waals surface area contributed by atoms with E-state index in [9.17, 15) is 18.0 Å². The molecule has 2 N–H and O–H groups in total. The van der Waals surface area contributed by atoms with Crippen LogP contribution < -0.4 is 11.3 Å². The molecule has 0 fully saturated rings. The zero-order valence-corrected chi connectivity index (χ0v) is 9.58. The van der Waals surface area contributed by atoms with Crippen molar-refractivity contribution in [1.29, 1.82) is 0 Å². The molecule has 0 saturated carbocycles. The highest BCUT2D eigenvalue weighted by molar-refractivity contribution is 5.88. The molecule has 0 radical (unpaired) electrons. The first-order valence-corrected chi connectivity index (χ1v) is 5.24. The van der Waals surface area contributed by atoms with E-state index in [2.05, 4.69) is 0 Å². The fourth-order valence-electron chi connectivity index (χ4n) is 1.97. The SMILES string of the molecule is Cn1cc(C(F)(F)F)c2cccc(CN)c2c1=O. The quantitative estimate of drug-likeness (QED) is 0.848. The van der Waals surface area contributed by atoms with Gasteiger partial charge in [-0.3, -0.25) is 4.79 Å². The van der Waals surface area contributed by atoms with Gasteiger partial charge in [-0.15, -0.1) is 0 Å². The monoisotopic (exact) mass is 256 g/mol. The van der Waals surface area contributed by atoms with Crippen LogP contribution in [0.2, 0.25) is 0 Å². The standard InChI is InChI=1S/C12H11F3N2O/c1-17-6-9(12(13,14)15)8-4-2-3-7(5-16)10(8)11(17)18/h2-4,6H,5,16H2,1H3. The van der Waals surface area contributed by atoms with Crippen molar-refractivity contribution in [2.24, 2.45) is 12.8 Å². The fraction of sp³-hybridized carbons (Fsp3) is 0.250. The minimum absolute atomic E-state index is 0.0217. The lowest BCUT2D eigenvalue weighted by Crippen LogP contribution is -2.22. The summed E-state index contributed by atoms with van der Waals surface area (Å²) in [5, 5.41) is -0.0640. The van der Waals surface area contributed by atoms with Crippen molar-refractivity contribution in [3.63, 3.8) is 0 Å². The molecule has 0 atom stereocenters. The lowest BCUT2D eigenvalue weighted by atomic mass is 10.0. The number of alkyl halides is 3. The summed E-state index contributed by atoms with van der Waals surface area (Å²) in [6, 6.07) is 4.32. The summed E-state index contributed by atoms with van der Waals surface area (Å²) in [6.07, 6.45) is -3.69. The van der Waals surface area contributed by atoms with Gasteiger partial charge in [-0.2, -0.15) is 13.2 Å². The van der Waals surface area contributed by atoms with E-state index >= 15 is 0 Å². The van der Waals surface area contributed by atoms with E-state index in [0.717, 1.165) is 10.8 Å². The number of fused-ring (bicyclic) bond motifs is 1. The predicted molar refractivity (Wildman–Crippen MR) is 62.1 cm³/mol. The van der Waals surface area contributed by atoms with Crippen LogP contribution in [0.4, 0.5) is 13.2 Å². The second kappa shape index (κ2) is 4.13. The van der Waals surface area contributed by atoms with E-state index in [0.29, 0.717) is 5.56 Å². The molecule has 2 rings (SSSR count). The molecule has 0 aliphatic heterocycles. The number of nitrogens with zero attached hydrogens (tertiary/aromatic N) is 1. The van der Waals surface area contributed by atoms with E-state index in [1.54, 1.807) is 6.07 Å². The molecule has 3 nitrogen and oxygen atoms in total. The molecule has 6 heteroatoms. The van der Waals surface area contributed by atoms with Crippen molar-refractivity contribution in [3.8, 4) is 0 Å². The molecular formula is C12H11F3N2O. The Morgan fingerprint density at radius 1 is 1.33 bits per heavy atom. The Bertz CT molecular complexity index is 659. The molecule has 18 heavy (non-hydrogen) atoms. The zero-order valence-electron chi connectivity index (χ0n) is 9.58. The summed E-state index contributed by atoms with van der Waals surface area (Å²) < 4.78 is 39.7. The molecule has 0 aliphatic rings. The Balaban J connectivity index is 3.01. The van der Waals surface area contributed by atoms with Crippen LogP contribution in [0, 0.1) is 0 Å². The number of hydrogen-bond donors (Lipinski definition) is 1. The maximum absolute atomic E-state index is 12.9. The minimum Gasteiger partial charge on any atom is -0.326 e. The first-order chi connectivity index (χ1) is 8.36. The van der Waals surface area contributed by atoms with Crippen LogP contribution in [0.1, 0.15) is 11.1 Å². The summed E-state index contributed by atoms with van der Waals surface area (Å²) in [6.45, 7) is 0.0217. The van der Waals surface area contributed by atoms with Crippen molar-refractivity contribution in [3.05, 3.63) is 45.9 Å².